The number of imide groups is 1. The molecule has 2 atom stereocenters. The lowest BCUT2D eigenvalue weighted by atomic mass is 9.75. The van der Waals surface area contributed by atoms with Crippen molar-refractivity contribution >= 4 is 75.1 Å². The highest BCUT2D eigenvalue weighted by Crippen LogP contribution is 2.51. The number of amides is 2. The molecule has 2 amide bonds. The Balaban J connectivity index is 1.62. The molecule has 0 bridgehead atoms. The molecule has 0 aliphatic carbocycles. The van der Waals surface area contributed by atoms with Gasteiger partial charge in [-0.1, -0.05) is 6.08 Å². The van der Waals surface area contributed by atoms with Crippen molar-refractivity contribution in [2.24, 2.45) is 0 Å². The summed E-state index contributed by atoms with van der Waals surface area (Å²) in [4.78, 5) is 43.5. The van der Waals surface area contributed by atoms with Crippen molar-refractivity contribution in [3.05, 3.63) is 71.5 Å². The molecule has 0 saturated carbocycles. The number of hydrogen-bond acceptors (Lipinski definition) is 13. The van der Waals surface area contributed by atoms with Gasteiger partial charge in [0.15, 0.2) is 15.5 Å². The van der Waals surface area contributed by atoms with E-state index in [4.69, 9.17) is 4.84 Å². The molecule has 3 heterocycles. The first-order valence-corrected chi connectivity index (χ1v) is 25.5. The van der Waals surface area contributed by atoms with Gasteiger partial charge in [0.05, 0.1) is 26.7 Å². The van der Waals surface area contributed by atoms with Crippen LogP contribution in [-0.2, 0) is 70.2 Å². The van der Waals surface area contributed by atoms with Crippen LogP contribution in [0.5, 0.6) is 0 Å². The standard InChI is InChI=1S/C38H47N3O15S4/c1-5-39-30-16-14-27(60(53,54)55)25-29(30)38(3,20-8-22-58(47,48)49)32(39)10-6-11-33-37(2,19-7-12-36(44)56-41-34(42)17-18-35(41)43)28-24-26(57(4,45)46)13-15-31(28)40(33)21-9-23-59(50,51)52/h6,10-11,13-16,24-25H,5,7-9,12,17-23H2,1-4H3,(H2-,47,48,49,50,51,52,53,54,55)/p+1. The quantitative estimate of drug-likeness (QED) is 0.109. The van der Waals surface area contributed by atoms with Crippen LogP contribution in [-0.4, -0.2) is 111 Å². The molecular weight excluding hydrogens is 867 g/mol. The molecule has 60 heavy (non-hydrogen) atoms. The zero-order chi connectivity index (χ0) is 44.6. The molecule has 3 aliphatic heterocycles. The van der Waals surface area contributed by atoms with E-state index in [9.17, 15) is 61.7 Å². The Bertz CT molecular complexity index is 2640. The average Bonchev–Trinajstić information content (AvgIpc) is 3.66. The lowest BCUT2D eigenvalue weighted by Crippen LogP contribution is -2.33. The first-order chi connectivity index (χ1) is 27.7. The van der Waals surface area contributed by atoms with Gasteiger partial charge in [-0.2, -0.15) is 29.8 Å². The van der Waals surface area contributed by atoms with Crippen molar-refractivity contribution in [1.82, 2.24) is 5.06 Å². The van der Waals surface area contributed by atoms with E-state index in [0.29, 0.717) is 45.5 Å². The van der Waals surface area contributed by atoms with E-state index >= 15 is 0 Å². The Labute approximate surface area is 349 Å². The summed E-state index contributed by atoms with van der Waals surface area (Å²) in [6.07, 6.45) is 6.10. The second-order valence-electron chi connectivity index (χ2n) is 15.4. The number of rotatable bonds is 18. The number of hydroxylamine groups is 2. The number of carbonyl (C=O) groups excluding carboxylic acids is 3. The summed E-state index contributed by atoms with van der Waals surface area (Å²) in [7, 11) is -17.1. The predicted molar refractivity (Wildman–Crippen MR) is 218 cm³/mol. The lowest BCUT2D eigenvalue weighted by molar-refractivity contribution is -0.437. The Hall–Kier alpha value is -4.32. The Kier molecular flexibility index (Phi) is 13.4. The van der Waals surface area contributed by atoms with Crippen LogP contribution in [0.1, 0.15) is 83.3 Å². The molecule has 1 saturated heterocycles. The molecule has 18 nitrogen and oxygen atoms in total. The molecule has 3 aliphatic rings. The molecule has 3 N–H and O–H groups in total. The normalized spacial score (nSPS) is 21.8. The molecule has 0 aromatic heterocycles. The highest BCUT2D eigenvalue weighted by atomic mass is 32.2. The van der Waals surface area contributed by atoms with E-state index in [2.05, 4.69) is 0 Å². The van der Waals surface area contributed by atoms with Gasteiger partial charge in [0, 0.05) is 73.0 Å². The van der Waals surface area contributed by atoms with Gasteiger partial charge < -0.3 is 9.74 Å². The van der Waals surface area contributed by atoms with E-state index in [1.807, 2.05) is 18.7 Å². The molecule has 5 rings (SSSR count). The Morgan fingerprint density at radius 1 is 0.817 bits per heavy atom. The lowest BCUT2D eigenvalue weighted by Gasteiger charge is -2.30. The zero-order valence-electron chi connectivity index (χ0n) is 33.4. The maximum Gasteiger partial charge on any atom is 0.333 e. The van der Waals surface area contributed by atoms with Gasteiger partial charge in [-0.3, -0.25) is 23.2 Å². The molecule has 0 radical (unpaired) electrons. The molecule has 0 spiro atoms. The number of sulfone groups is 1. The van der Waals surface area contributed by atoms with Gasteiger partial charge in [0.25, 0.3) is 42.2 Å². The van der Waals surface area contributed by atoms with Gasteiger partial charge in [-0.15, -0.1) is 5.06 Å². The first kappa shape index (κ1) is 46.7. The fourth-order valence-corrected chi connectivity index (χ4v) is 10.4. The molecule has 328 valence electrons. The highest BCUT2D eigenvalue weighted by molar-refractivity contribution is 7.90. The van der Waals surface area contributed by atoms with Gasteiger partial charge in [0.2, 0.25) is 5.69 Å². The summed E-state index contributed by atoms with van der Waals surface area (Å²) in [5.41, 5.74) is 1.12. The minimum absolute atomic E-state index is 0.00425. The van der Waals surface area contributed by atoms with E-state index in [1.165, 1.54) is 30.3 Å². The van der Waals surface area contributed by atoms with Gasteiger partial charge in [-0.05, 0) is 88.4 Å². The van der Waals surface area contributed by atoms with Crippen molar-refractivity contribution in [1.29, 1.82) is 0 Å². The number of carbonyl (C=O) groups is 3. The van der Waals surface area contributed by atoms with Crippen LogP contribution in [0.15, 0.2) is 70.1 Å². The fraction of sp³-hybridized carbons (Fsp3) is 0.474. The molecule has 2 unspecified atom stereocenters. The number of fused-ring (bicyclic) bond motifs is 2. The Morgan fingerprint density at radius 2 is 1.40 bits per heavy atom. The largest absolute Gasteiger partial charge is 0.344 e. The number of hydrogen-bond donors (Lipinski definition) is 3. The van der Waals surface area contributed by atoms with E-state index in [1.54, 1.807) is 35.8 Å². The number of nitrogens with zero attached hydrogens (tertiary/aromatic N) is 3. The van der Waals surface area contributed by atoms with Crippen LogP contribution in [0.25, 0.3) is 0 Å². The SMILES string of the molecule is CCN1C(=CC=CC2=[N+](CCCS(=O)(=O)O)c3ccc(S(C)(=O)=O)cc3C2(C)CCCC(=O)ON2C(=O)CCC2=O)C(C)(CCCS(=O)(=O)O)c2cc(S(=O)(=O)O)ccc21. The van der Waals surface area contributed by atoms with E-state index in [-0.39, 0.29) is 67.7 Å². The molecule has 2 aromatic carbocycles. The number of likely N-dealkylation sites (N-methyl/N-ethyl adjacent to an activating group) is 1. The maximum absolute atomic E-state index is 12.9. The summed E-state index contributed by atoms with van der Waals surface area (Å²) < 4.78 is 128. The summed E-state index contributed by atoms with van der Waals surface area (Å²) in [5, 5.41) is 0.443. The third kappa shape index (κ3) is 10.2. The average molecular weight is 915 g/mol. The van der Waals surface area contributed by atoms with Crippen molar-refractivity contribution in [3.8, 4) is 0 Å². The molecule has 1 fully saturated rings. The second-order valence-corrected chi connectivity index (χ2v) is 22.0. The minimum Gasteiger partial charge on any atom is -0.344 e. The third-order valence-electron chi connectivity index (χ3n) is 11.1. The minimum atomic E-state index is -4.64. The second kappa shape index (κ2) is 17.2. The Morgan fingerprint density at radius 3 is 1.98 bits per heavy atom. The van der Waals surface area contributed by atoms with Crippen molar-refractivity contribution in [3.63, 3.8) is 0 Å². The predicted octanol–water partition coefficient (Wildman–Crippen LogP) is 3.65. The van der Waals surface area contributed by atoms with Crippen LogP contribution in [0, 0.1) is 0 Å². The van der Waals surface area contributed by atoms with Crippen LogP contribution >= 0.6 is 0 Å². The third-order valence-corrected chi connectivity index (χ3v) is 14.7. The molecular formula is C38H48N3O15S4+. The molecule has 2 aromatic rings. The van der Waals surface area contributed by atoms with Crippen LogP contribution in [0.4, 0.5) is 11.4 Å². The van der Waals surface area contributed by atoms with Crippen molar-refractivity contribution in [2.75, 3.05) is 35.8 Å². The maximum atomic E-state index is 12.9. The first-order valence-electron chi connectivity index (χ1n) is 18.9. The van der Waals surface area contributed by atoms with E-state index < -0.39 is 80.3 Å². The van der Waals surface area contributed by atoms with Gasteiger partial charge >= 0.3 is 5.97 Å². The summed E-state index contributed by atoms with van der Waals surface area (Å²) in [6.45, 7) is 5.84. The highest BCUT2D eigenvalue weighted by Gasteiger charge is 2.48. The number of allylic oxidation sites excluding steroid dienone is 4. The monoisotopic (exact) mass is 914 g/mol. The summed E-state index contributed by atoms with van der Waals surface area (Å²) in [6, 6.07) is 8.60. The number of benzene rings is 2. The van der Waals surface area contributed by atoms with Crippen LogP contribution in [0.3, 0.4) is 0 Å². The smallest absolute Gasteiger partial charge is 0.333 e. The number of anilines is 1. The summed E-state index contributed by atoms with van der Waals surface area (Å²) >= 11 is 0. The van der Waals surface area contributed by atoms with Gasteiger partial charge in [0.1, 0.15) is 6.54 Å². The van der Waals surface area contributed by atoms with Crippen LogP contribution < -0.4 is 4.90 Å². The fourth-order valence-electron chi connectivity index (χ4n) is 8.20. The van der Waals surface area contributed by atoms with Crippen molar-refractivity contribution < 1.29 is 71.1 Å². The van der Waals surface area contributed by atoms with Crippen molar-refractivity contribution in [2.45, 2.75) is 92.8 Å². The van der Waals surface area contributed by atoms with E-state index in [0.717, 1.165) is 6.26 Å². The van der Waals surface area contributed by atoms with Gasteiger partial charge in [-0.25, -0.2) is 13.2 Å². The topological polar surface area (TPSA) is 267 Å². The van der Waals surface area contributed by atoms with Crippen LogP contribution in [0.2, 0.25) is 0 Å². The summed E-state index contributed by atoms with van der Waals surface area (Å²) in [5.74, 6) is -3.30. The zero-order valence-corrected chi connectivity index (χ0v) is 36.7. The molecule has 22 heteroatoms.